The molecule has 0 saturated heterocycles. The first-order valence-corrected chi connectivity index (χ1v) is 11.1. The number of fused-ring (bicyclic) bond motifs is 5. The maximum Gasteiger partial charge on any atom is 0.0577 e. The van der Waals surface area contributed by atoms with Crippen LogP contribution in [-0.4, -0.2) is 22.9 Å². The van der Waals surface area contributed by atoms with E-state index in [-0.39, 0.29) is 6.10 Å². The van der Waals surface area contributed by atoms with E-state index < -0.39 is 0 Å². The highest BCUT2D eigenvalue weighted by Crippen LogP contribution is 2.68. The zero-order chi connectivity index (χ0) is 18.0. The number of hydrogen-bond donors (Lipinski definition) is 2. The van der Waals surface area contributed by atoms with Crippen LogP contribution in [0.25, 0.3) is 0 Å². The quantitative estimate of drug-likeness (QED) is 0.746. The number of aliphatic hydroxyl groups excluding tert-OH is 2. The van der Waals surface area contributed by atoms with Crippen LogP contribution in [0.3, 0.4) is 0 Å². The van der Waals surface area contributed by atoms with Crippen LogP contribution < -0.4 is 0 Å². The van der Waals surface area contributed by atoms with E-state index in [1.807, 2.05) is 0 Å². The molecule has 4 fully saturated rings. The fourth-order valence-electron chi connectivity index (χ4n) is 8.54. The monoisotopic (exact) mass is 348 g/mol. The van der Waals surface area contributed by atoms with Crippen molar-refractivity contribution in [1.29, 1.82) is 0 Å². The number of aliphatic hydroxyl groups is 2. The minimum atomic E-state index is -0.0822. The van der Waals surface area contributed by atoms with Crippen LogP contribution >= 0.6 is 0 Å². The molecule has 0 radical (unpaired) electrons. The van der Waals surface area contributed by atoms with Gasteiger partial charge in [-0.3, -0.25) is 0 Å². The van der Waals surface area contributed by atoms with Gasteiger partial charge < -0.3 is 10.2 Å². The Kier molecular flexibility index (Phi) is 4.56. The third-order valence-corrected chi connectivity index (χ3v) is 9.99. The summed E-state index contributed by atoms with van der Waals surface area (Å²) in [6.07, 6.45) is 10.2. The van der Waals surface area contributed by atoms with Crippen LogP contribution in [0.4, 0.5) is 0 Å². The first-order chi connectivity index (χ1) is 11.8. The highest BCUT2D eigenvalue weighted by Gasteiger charge is 2.62. The fourth-order valence-corrected chi connectivity index (χ4v) is 8.54. The molecule has 2 nitrogen and oxygen atoms in total. The van der Waals surface area contributed by atoms with Crippen molar-refractivity contribution in [2.45, 2.75) is 85.2 Å². The predicted octanol–water partition coefficient (Wildman–Crippen LogP) is 4.88. The molecular formula is C23H40O2. The first-order valence-electron chi connectivity index (χ1n) is 11.1. The average molecular weight is 349 g/mol. The zero-order valence-corrected chi connectivity index (χ0v) is 16.9. The van der Waals surface area contributed by atoms with Crippen LogP contribution in [0.15, 0.2) is 0 Å². The molecule has 0 aromatic heterocycles. The van der Waals surface area contributed by atoms with Crippen molar-refractivity contribution in [3.63, 3.8) is 0 Å². The smallest absolute Gasteiger partial charge is 0.0577 e. The second kappa shape index (κ2) is 6.23. The highest BCUT2D eigenvalue weighted by atomic mass is 16.3. The van der Waals surface area contributed by atoms with E-state index in [1.165, 1.54) is 44.9 Å². The van der Waals surface area contributed by atoms with Gasteiger partial charge in [0.25, 0.3) is 0 Å². The van der Waals surface area contributed by atoms with E-state index in [1.54, 1.807) is 0 Å². The second-order valence-corrected chi connectivity index (χ2v) is 11.1. The van der Waals surface area contributed by atoms with Gasteiger partial charge in [-0.1, -0.05) is 34.1 Å². The summed E-state index contributed by atoms with van der Waals surface area (Å²) in [5, 5.41) is 21.0. The number of hydrogen-bond acceptors (Lipinski definition) is 2. The van der Waals surface area contributed by atoms with Gasteiger partial charge >= 0.3 is 0 Å². The Morgan fingerprint density at radius 3 is 2.36 bits per heavy atom. The molecule has 2 heteroatoms. The van der Waals surface area contributed by atoms with E-state index >= 15 is 0 Å². The summed E-state index contributed by atoms with van der Waals surface area (Å²) in [5.74, 6) is 4.57. The van der Waals surface area contributed by atoms with Crippen molar-refractivity contribution in [3.8, 4) is 0 Å². The Morgan fingerprint density at radius 2 is 1.64 bits per heavy atom. The SMILES string of the molecule is C[C@@H]1CCC2(C)C(C1)C[C@@H](O)[C@@H]1[C@@H]2CCC2(C)C([C@H](C)CO)CC[C@@H]12. The molecule has 0 bridgehead atoms. The summed E-state index contributed by atoms with van der Waals surface area (Å²) < 4.78 is 0. The van der Waals surface area contributed by atoms with E-state index in [0.717, 1.165) is 24.2 Å². The molecular weight excluding hydrogens is 308 g/mol. The minimum Gasteiger partial charge on any atom is -0.396 e. The Bertz CT molecular complexity index is 504. The van der Waals surface area contributed by atoms with Crippen LogP contribution in [-0.2, 0) is 0 Å². The van der Waals surface area contributed by atoms with Gasteiger partial charge in [-0.05, 0) is 97.2 Å². The molecule has 2 N–H and O–H groups in total. The van der Waals surface area contributed by atoms with Crippen molar-refractivity contribution in [3.05, 3.63) is 0 Å². The molecule has 10 atom stereocenters. The van der Waals surface area contributed by atoms with Gasteiger partial charge in [0.05, 0.1) is 6.10 Å². The third kappa shape index (κ3) is 2.57. The molecule has 4 saturated carbocycles. The summed E-state index contributed by atoms with van der Waals surface area (Å²) in [4.78, 5) is 0. The molecule has 25 heavy (non-hydrogen) atoms. The van der Waals surface area contributed by atoms with Crippen molar-refractivity contribution in [2.24, 2.45) is 52.3 Å². The van der Waals surface area contributed by atoms with E-state index in [9.17, 15) is 10.2 Å². The van der Waals surface area contributed by atoms with E-state index in [2.05, 4.69) is 27.7 Å². The zero-order valence-electron chi connectivity index (χ0n) is 16.9. The Hall–Kier alpha value is -0.0800. The van der Waals surface area contributed by atoms with Gasteiger partial charge in [0, 0.05) is 6.61 Å². The lowest BCUT2D eigenvalue weighted by molar-refractivity contribution is -0.169. The fraction of sp³-hybridized carbons (Fsp3) is 1.00. The molecule has 4 rings (SSSR count). The van der Waals surface area contributed by atoms with Gasteiger partial charge in [0.1, 0.15) is 0 Å². The molecule has 0 aliphatic heterocycles. The van der Waals surface area contributed by atoms with Gasteiger partial charge in [-0.25, -0.2) is 0 Å². The topological polar surface area (TPSA) is 40.5 Å². The molecule has 0 heterocycles. The Balaban J connectivity index is 1.63. The van der Waals surface area contributed by atoms with Crippen molar-refractivity contribution in [2.75, 3.05) is 6.61 Å². The molecule has 0 aromatic rings. The highest BCUT2D eigenvalue weighted by molar-refractivity contribution is 5.11. The maximum atomic E-state index is 11.2. The standard InChI is InChI=1S/C23H40O2/c1-14-7-9-22(3)16(11-14)12-20(25)21-18-6-5-17(15(2)13-24)23(18,4)10-8-19(21)22/h14-21,24-25H,5-13H2,1-4H3/t14-,15-,16?,17?,18+,19+,20-,21+,22?,23?/m1/s1. The van der Waals surface area contributed by atoms with E-state index in [4.69, 9.17) is 0 Å². The molecule has 4 aliphatic carbocycles. The van der Waals surface area contributed by atoms with Gasteiger partial charge in [-0.2, -0.15) is 0 Å². The van der Waals surface area contributed by atoms with Crippen LogP contribution in [0.2, 0.25) is 0 Å². The van der Waals surface area contributed by atoms with Crippen molar-refractivity contribution >= 4 is 0 Å². The molecule has 4 aliphatic rings. The van der Waals surface area contributed by atoms with Gasteiger partial charge in [-0.15, -0.1) is 0 Å². The second-order valence-electron chi connectivity index (χ2n) is 11.1. The van der Waals surface area contributed by atoms with Crippen LogP contribution in [0, 0.1) is 52.3 Å². The minimum absolute atomic E-state index is 0.0822. The lowest BCUT2D eigenvalue weighted by atomic mass is 9.43. The van der Waals surface area contributed by atoms with Gasteiger partial charge in [0.15, 0.2) is 0 Å². The van der Waals surface area contributed by atoms with Crippen LogP contribution in [0.1, 0.15) is 79.1 Å². The third-order valence-electron chi connectivity index (χ3n) is 9.99. The summed E-state index contributed by atoms with van der Waals surface area (Å²) >= 11 is 0. The normalized spacial score (nSPS) is 56.6. The molecule has 0 amide bonds. The molecule has 4 unspecified atom stereocenters. The largest absolute Gasteiger partial charge is 0.396 e. The van der Waals surface area contributed by atoms with Crippen LogP contribution in [0.5, 0.6) is 0 Å². The maximum absolute atomic E-state index is 11.2. The summed E-state index contributed by atoms with van der Waals surface area (Å²) in [5.41, 5.74) is 0.813. The van der Waals surface area contributed by atoms with Crippen molar-refractivity contribution in [1.82, 2.24) is 0 Å². The average Bonchev–Trinajstić information content (AvgIpc) is 2.93. The summed E-state index contributed by atoms with van der Waals surface area (Å²) in [7, 11) is 0. The summed E-state index contributed by atoms with van der Waals surface area (Å²) in [6.45, 7) is 10.1. The molecule has 144 valence electrons. The summed E-state index contributed by atoms with van der Waals surface area (Å²) in [6, 6.07) is 0. The lowest BCUT2D eigenvalue weighted by Crippen LogP contribution is -2.58. The Morgan fingerprint density at radius 1 is 0.960 bits per heavy atom. The number of rotatable bonds is 2. The van der Waals surface area contributed by atoms with Crippen molar-refractivity contribution < 1.29 is 10.2 Å². The Labute approximate surface area is 154 Å². The lowest BCUT2D eigenvalue weighted by Gasteiger charge is -2.62. The first kappa shape index (κ1) is 18.3. The van der Waals surface area contributed by atoms with E-state index in [0.29, 0.717) is 41.1 Å². The van der Waals surface area contributed by atoms with Gasteiger partial charge in [0.2, 0.25) is 0 Å². The molecule has 0 spiro atoms. The predicted molar refractivity (Wildman–Crippen MR) is 102 cm³/mol. The molecule has 0 aromatic carbocycles.